The van der Waals surface area contributed by atoms with E-state index in [2.05, 4.69) is 15.9 Å². The van der Waals surface area contributed by atoms with E-state index in [0.717, 1.165) is 12.3 Å². The van der Waals surface area contributed by atoms with Crippen molar-refractivity contribution in [2.24, 2.45) is 0 Å². The molecule has 3 rings (SSSR count). The molecule has 0 aliphatic rings. The lowest BCUT2D eigenvalue weighted by atomic mass is 10.2. The van der Waals surface area contributed by atoms with Crippen molar-refractivity contribution < 1.29 is 26.7 Å². The standard InChI is InChI=1S/C17H13BrClF3N2O3S.C2H6/c18-12-4-14(22)15(5-13(12)21)23-28(26,27)17-7-24(6-10(20)8-25)16-3-9(19)1-2-11(16)17;1-2/h1-5,7,10,23,25H,6,8H2;1-2H3. The summed E-state index contributed by atoms with van der Waals surface area (Å²) in [6.07, 6.45) is -0.477. The highest BCUT2D eigenvalue weighted by atomic mass is 79.9. The van der Waals surface area contributed by atoms with E-state index >= 15 is 0 Å². The van der Waals surface area contributed by atoms with E-state index in [4.69, 9.17) is 16.7 Å². The summed E-state index contributed by atoms with van der Waals surface area (Å²) < 4.78 is 70.2. The third kappa shape index (κ3) is 5.29. The first-order valence-corrected chi connectivity index (χ1v) is 11.5. The Morgan fingerprint density at radius 2 is 1.87 bits per heavy atom. The number of fused-ring (bicyclic) bond motifs is 1. The smallest absolute Gasteiger partial charge is 0.264 e. The summed E-state index contributed by atoms with van der Waals surface area (Å²) in [6.45, 7) is 2.94. The molecule has 3 aromatic rings. The number of aliphatic hydroxyl groups is 1. The fraction of sp³-hybridized carbons (Fsp3) is 0.263. The van der Waals surface area contributed by atoms with Gasteiger partial charge in [0.1, 0.15) is 22.7 Å². The van der Waals surface area contributed by atoms with Crippen molar-refractivity contribution in [2.45, 2.75) is 31.5 Å². The normalized spacial score (nSPS) is 12.4. The van der Waals surface area contributed by atoms with Crippen LogP contribution in [0.25, 0.3) is 10.9 Å². The monoisotopic (exact) mass is 526 g/mol. The number of hydrogen-bond donors (Lipinski definition) is 2. The fourth-order valence-corrected chi connectivity index (χ4v) is 4.43. The summed E-state index contributed by atoms with van der Waals surface area (Å²) in [7, 11) is -4.35. The van der Waals surface area contributed by atoms with E-state index in [9.17, 15) is 21.6 Å². The topological polar surface area (TPSA) is 71.3 Å². The largest absolute Gasteiger partial charge is 0.393 e. The van der Waals surface area contributed by atoms with Gasteiger partial charge < -0.3 is 9.67 Å². The van der Waals surface area contributed by atoms with Crippen LogP contribution in [0.1, 0.15) is 13.8 Å². The second-order valence-corrected chi connectivity index (χ2v) is 8.88. The number of nitrogens with zero attached hydrogens (tertiary/aromatic N) is 1. The van der Waals surface area contributed by atoms with Crippen molar-refractivity contribution >= 4 is 54.1 Å². The van der Waals surface area contributed by atoms with Gasteiger partial charge in [-0.05, 0) is 40.2 Å². The maximum atomic E-state index is 14.0. The van der Waals surface area contributed by atoms with Gasteiger partial charge in [-0.2, -0.15) is 0 Å². The molecule has 5 nitrogen and oxygen atoms in total. The number of sulfonamides is 1. The quantitative estimate of drug-likeness (QED) is 0.416. The predicted molar refractivity (Wildman–Crippen MR) is 115 cm³/mol. The lowest BCUT2D eigenvalue weighted by molar-refractivity contribution is 0.163. The molecule has 0 fully saturated rings. The van der Waals surface area contributed by atoms with Gasteiger partial charge in [0, 0.05) is 22.7 Å². The van der Waals surface area contributed by atoms with Crippen LogP contribution in [-0.2, 0) is 16.6 Å². The lowest BCUT2D eigenvalue weighted by Crippen LogP contribution is -2.16. The maximum absolute atomic E-state index is 14.0. The Balaban J connectivity index is 0.00000155. The van der Waals surface area contributed by atoms with Gasteiger partial charge in [0.25, 0.3) is 10.0 Å². The average molecular weight is 528 g/mol. The molecule has 11 heteroatoms. The van der Waals surface area contributed by atoms with Crippen LogP contribution >= 0.6 is 27.5 Å². The van der Waals surface area contributed by atoms with Crippen LogP contribution in [0.15, 0.2) is 45.9 Å². The minimum absolute atomic E-state index is 0.155. The van der Waals surface area contributed by atoms with Crippen LogP contribution in [0.2, 0.25) is 5.02 Å². The summed E-state index contributed by atoms with van der Waals surface area (Å²) in [5.41, 5.74) is -0.263. The zero-order valence-corrected chi connectivity index (χ0v) is 19.1. The Morgan fingerprint density at radius 3 is 2.50 bits per heavy atom. The van der Waals surface area contributed by atoms with Crippen molar-refractivity contribution in [3.8, 4) is 0 Å². The molecule has 30 heavy (non-hydrogen) atoms. The highest BCUT2D eigenvalue weighted by Crippen LogP contribution is 2.31. The summed E-state index contributed by atoms with van der Waals surface area (Å²) in [4.78, 5) is -0.271. The van der Waals surface area contributed by atoms with Gasteiger partial charge in [0.05, 0.1) is 28.8 Å². The van der Waals surface area contributed by atoms with Crippen molar-refractivity contribution in [1.29, 1.82) is 0 Å². The number of anilines is 1. The van der Waals surface area contributed by atoms with E-state index in [1.165, 1.54) is 22.8 Å². The van der Waals surface area contributed by atoms with Crippen molar-refractivity contribution in [3.05, 3.63) is 57.7 Å². The molecule has 0 amide bonds. The van der Waals surface area contributed by atoms with E-state index in [-0.39, 0.29) is 21.3 Å². The lowest BCUT2D eigenvalue weighted by Gasteiger charge is -2.09. The molecule has 1 heterocycles. The molecule has 0 radical (unpaired) electrons. The highest BCUT2D eigenvalue weighted by molar-refractivity contribution is 9.10. The minimum atomic E-state index is -4.35. The minimum Gasteiger partial charge on any atom is -0.393 e. The molecule has 1 atom stereocenters. The Hall–Kier alpha value is -1.75. The molecule has 0 aliphatic carbocycles. The third-order valence-electron chi connectivity index (χ3n) is 3.94. The molecule has 2 aromatic carbocycles. The molecule has 0 saturated heterocycles. The van der Waals surface area contributed by atoms with E-state index in [1.807, 2.05) is 18.6 Å². The zero-order valence-electron chi connectivity index (χ0n) is 16.0. The molecule has 0 bridgehead atoms. The molecule has 164 valence electrons. The van der Waals surface area contributed by atoms with Crippen LogP contribution < -0.4 is 4.72 Å². The maximum Gasteiger partial charge on any atom is 0.264 e. The number of benzene rings is 2. The SMILES string of the molecule is CC.O=S(=O)(Nc1cc(F)c(Br)cc1F)c1cn(CC(F)CO)c2cc(Cl)ccc12. The summed E-state index contributed by atoms with van der Waals surface area (Å²) >= 11 is 8.76. The van der Waals surface area contributed by atoms with Crippen LogP contribution in [-0.4, -0.2) is 30.9 Å². The second kappa shape index (κ2) is 10.0. The third-order valence-corrected chi connectivity index (χ3v) is 6.18. The predicted octanol–water partition coefficient (Wildman–Crippen LogP) is 5.49. The van der Waals surface area contributed by atoms with E-state index < -0.39 is 40.1 Å². The molecule has 0 saturated carbocycles. The van der Waals surface area contributed by atoms with Crippen molar-refractivity contribution in [1.82, 2.24) is 4.57 Å². The van der Waals surface area contributed by atoms with Gasteiger partial charge in [-0.3, -0.25) is 4.72 Å². The number of halogens is 5. The van der Waals surface area contributed by atoms with Crippen LogP contribution in [0, 0.1) is 11.6 Å². The number of hydrogen-bond acceptors (Lipinski definition) is 3. The molecular weight excluding hydrogens is 509 g/mol. The average Bonchev–Trinajstić information content (AvgIpc) is 3.06. The number of aromatic nitrogens is 1. The van der Waals surface area contributed by atoms with Gasteiger partial charge in [-0.1, -0.05) is 25.4 Å². The molecule has 2 N–H and O–H groups in total. The number of rotatable bonds is 6. The van der Waals surface area contributed by atoms with Gasteiger partial charge in [-0.15, -0.1) is 0 Å². The Labute approximate surface area is 185 Å². The molecular formula is C19H19BrClF3N2O3S. The first-order chi connectivity index (χ1) is 14.1. The summed E-state index contributed by atoms with van der Waals surface area (Å²) in [5, 5.41) is 9.44. The summed E-state index contributed by atoms with van der Waals surface area (Å²) in [5.74, 6) is -1.83. The van der Waals surface area contributed by atoms with Crippen molar-refractivity contribution in [2.75, 3.05) is 11.3 Å². The first kappa shape index (κ1) is 24.5. The highest BCUT2D eigenvalue weighted by Gasteiger charge is 2.24. The van der Waals surface area contributed by atoms with Crippen LogP contribution in [0.4, 0.5) is 18.9 Å². The molecule has 0 aliphatic heterocycles. The molecule has 1 unspecified atom stereocenters. The molecule has 0 spiro atoms. The number of nitrogens with one attached hydrogen (secondary N) is 1. The van der Waals surface area contributed by atoms with Crippen molar-refractivity contribution in [3.63, 3.8) is 0 Å². The van der Waals surface area contributed by atoms with Gasteiger partial charge >= 0.3 is 0 Å². The van der Waals surface area contributed by atoms with Gasteiger partial charge in [0.15, 0.2) is 0 Å². The Morgan fingerprint density at radius 1 is 1.20 bits per heavy atom. The number of alkyl halides is 1. The van der Waals surface area contributed by atoms with E-state index in [1.54, 1.807) is 0 Å². The Bertz CT molecular complexity index is 1160. The van der Waals surface area contributed by atoms with Crippen LogP contribution in [0.5, 0.6) is 0 Å². The summed E-state index contributed by atoms with van der Waals surface area (Å²) in [6, 6.07) is 5.82. The number of aliphatic hydroxyl groups excluding tert-OH is 1. The fourth-order valence-electron chi connectivity index (χ4n) is 2.67. The molecule has 1 aromatic heterocycles. The van der Waals surface area contributed by atoms with Gasteiger partial charge in [0.2, 0.25) is 0 Å². The van der Waals surface area contributed by atoms with E-state index in [0.29, 0.717) is 16.6 Å². The Kier molecular flexibility index (Phi) is 8.20. The zero-order chi connectivity index (χ0) is 22.6. The first-order valence-electron chi connectivity index (χ1n) is 8.83. The second-order valence-electron chi connectivity index (χ2n) is 5.94. The van der Waals surface area contributed by atoms with Gasteiger partial charge in [-0.25, -0.2) is 21.6 Å². The van der Waals surface area contributed by atoms with Crippen LogP contribution in [0.3, 0.4) is 0 Å².